The largest absolute Gasteiger partial charge is 0.352 e. The summed E-state index contributed by atoms with van der Waals surface area (Å²) >= 11 is 0. The molecule has 0 saturated heterocycles. The quantitative estimate of drug-likeness (QED) is 0.835. The van der Waals surface area contributed by atoms with Crippen LogP contribution in [0.3, 0.4) is 0 Å². The zero-order valence-electron chi connectivity index (χ0n) is 11.3. The fraction of sp³-hybridized carbons (Fsp3) is 0.250. The molecular formula is C16H19N3O. The molecule has 0 spiro atoms. The summed E-state index contributed by atoms with van der Waals surface area (Å²) in [4.78, 5) is 16.2. The minimum atomic E-state index is -0.200. The Bertz CT molecular complexity index is 528. The number of hydrogen-bond donors (Lipinski definition) is 2. The number of hydrogen-bond acceptors (Lipinski definition) is 3. The normalized spacial score (nSPS) is 11.8. The summed E-state index contributed by atoms with van der Waals surface area (Å²) < 4.78 is 0. The van der Waals surface area contributed by atoms with Crippen LogP contribution >= 0.6 is 0 Å². The van der Waals surface area contributed by atoms with Gasteiger partial charge in [0.05, 0.1) is 5.92 Å². The van der Waals surface area contributed by atoms with Gasteiger partial charge in [-0.1, -0.05) is 36.4 Å². The van der Waals surface area contributed by atoms with Crippen LogP contribution in [0.1, 0.15) is 11.1 Å². The third-order valence-electron chi connectivity index (χ3n) is 3.17. The second-order valence-corrected chi connectivity index (χ2v) is 4.70. The lowest BCUT2D eigenvalue weighted by molar-refractivity contribution is -0.124. The van der Waals surface area contributed by atoms with Crippen LogP contribution in [-0.2, 0) is 17.8 Å². The molecule has 4 nitrogen and oxygen atoms in total. The number of aromatic nitrogens is 1. The first-order valence-electron chi connectivity index (χ1n) is 6.70. The van der Waals surface area contributed by atoms with Gasteiger partial charge >= 0.3 is 0 Å². The molecule has 0 bridgehead atoms. The molecule has 1 aromatic heterocycles. The molecule has 1 aromatic carbocycles. The van der Waals surface area contributed by atoms with Gasteiger partial charge in [0, 0.05) is 25.5 Å². The Morgan fingerprint density at radius 3 is 2.55 bits per heavy atom. The highest BCUT2D eigenvalue weighted by molar-refractivity contribution is 5.79. The van der Waals surface area contributed by atoms with E-state index < -0.39 is 0 Å². The number of amides is 1. The number of carbonyl (C=O) groups is 1. The zero-order valence-corrected chi connectivity index (χ0v) is 11.3. The highest BCUT2D eigenvalue weighted by atomic mass is 16.1. The lowest BCUT2D eigenvalue weighted by Crippen LogP contribution is -2.35. The van der Waals surface area contributed by atoms with E-state index in [1.807, 2.05) is 42.5 Å². The van der Waals surface area contributed by atoms with Crippen molar-refractivity contribution in [3.05, 3.63) is 66.0 Å². The average Bonchev–Trinajstić information content (AvgIpc) is 2.52. The Morgan fingerprint density at radius 1 is 1.15 bits per heavy atom. The third-order valence-corrected chi connectivity index (χ3v) is 3.17. The Balaban J connectivity index is 1.89. The molecule has 0 fully saturated rings. The number of benzene rings is 1. The van der Waals surface area contributed by atoms with E-state index in [1.165, 1.54) is 0 Å². The van der Waals surface area contributed by atoms with Crippen molar-refractivity contribution in [2.45, 2.75) is 13.0 Å². The van der Waals surface area contributed by atoms with Crippen LogP contribution in [0.15, 0.2) is 54.9 Å². The maximum absolute atomic E-state index is 12.1. The van der Waals surface area contributed by atoms with Crippen molar-refractivity contribution in [3.63, 3.8) is 0 Å². The summed E-state index contributed by atoms with van der Waals surface area (Å²) in [6, 6.07) is 13.7. The minimum Gasteiger partial charge on any atom is -0.352 e. The number of carbonyl (C=O) groups excluding carboxylic acids is 1. The molecule has 0 aliphatic heterocycles. The molecule has 20 heavy (non-hydrogen) atoms. The molecule has 104 valence electrons. The molecule has 3 N–H and O–H groups in total. The highest BCUT2D eigenvalue weighted by Gasteiger charge is 2.16. The maximum atomic E-state index is 12.1. The standard InChI is InChI=1S/C16H19N3O/c17-10-15(9-13-5-2-1-3-6-13)16(20)19-12-14-7-4-8-18-11-14/h1-8,11,15H,9-10,12,17H2,(H,19,20). The van der Waals surface area contributed by atoms with E-state index in [-0.39, 0.29) is 11.8 Å². The maximum Gasteiger partial charge on any atom is 0.224 e. The van der Waals surface area contributed by atoms with Gasteiger partial charge in [-0.3, -0.25) is 9.78 Å². The van der Waals surface area contributed by atoms with Crippen molar-refractivity contribution >= 4 is 5.91 Å². The van der Waals surface area contributed by atoms with Crippen LogP contribution in [0.25, 0.3) is 0 Å². The molecule has 0 aliphatic rings. The number of nitrogens with one attached hydrogen (secondary N) is 1. The van der Waals surface area contributed by atoms with E-state index in [9.17, 15) is 4.79 Å². The first-order valence-corrected chi connectivity index (χ1v) is 6.70. The Kier molecular flexibility index (Phi) is 5.26. The topological polar surface area (TPSA) is 68.0 Å². The third kappa shape index (κ3) is 4.17. The first kappa shape index (κ1) is 14.2. The molecule has 0 saturated carbocycles. The van der Waals surface area contributed by atoms with E-state index in [1.54, 1.807) is 12.4 Å². The van der Waals surface area contributed by atoms with Gasteiger partial charge < -0.3 is 11.1 Å². The number of pyridine rings is 1. The SMILES string of the molecule is NCC(Cc1ccccc1)C(=O)NCc1cccnc1. The van der Waals surface area contributed by atoms with Crippen molar-refractivity contribution in [2.75, 3.05) is 6.54 Å². The van der Waals surface area contributed by atoms with Crippen molar-refractivity contribution in [2.24, 2.45) is 11.7 Å². The smallest absolute Gasteiger partial charge is 0.224 e. The van der Waals surface area contributed by atoms with E-state index >= 15 is 0 Å². The van der Waals surface area contributed by atoms with Gasteiger partial charge in [-0.25, -0.2) is 0 Å². The number of nitrogens with two attached hydrogens (primary N) is 1. The van der Waals surface area contributed by atoms with E-state index in [4.69, 9.17) is 5.73 Å². The van der Waals surface area contributed by atoms with Crippen LogP contribution in [-0.4, -0.2) is 17.4 Å². The molecule has 1 amide bonds. The van der Waals surface area contributed by atoms with E-state index in [0.29, 0.717) is 19.5 Å². The molecule has 2 aromatic rings. The van der Waals surface area contributed by atoms with Crippen LogP contribution in [0.5, 0.6) is 0 Å². The van der Waals surface area contributed by atoms with E-state index in [2.05, 4.69) is 10.3 Å². The summed E-state index contributed by atoms with van der Waals surface area (Å²) in [6.07, 6.45) is 4.12. The average molecular weight is 269 g/mol. The van der Waals surface area contributed by atoms with Crippen molar-refractivity contribution < 1.29 is 4.79 Å². The lowest BCUT2D eigenvalue weighted by atomic mass is 9.98. The summed E-state index contributed by atoms with van der Waals surface area (Å²) in [5.41, 5.74) is 7.82. The van der Waals surface area contributed by atoms with Crippen molar-refractivity contribution in [3.8, 4) is 0 Å². The molecule has 2 rings (SSSR count). The first-order chi connectivity index (χ1) is 9.79. The van der Waals surface area contributed by atoms with Crippen LogP contribution in [0, 0.1) is 5.92 Å². The Hall–Kier alpha value is -2.20. The van der Waals surface area contributed by atoms with Gasteiger partial charge in [0.25, 0.3) is 0 Å². The van der Waals surface area contributed by atoms with Gasteiger partial charge in [-0.05, 0) is 23.6 Å². The summed E-state index contributed by atoms with van der Waals surface area (Å²) in [7, 11) is 0. The molecule has 1 atom stereocenters. The highest BCUT2D eigenvalue weighted by Crippen LogP contribution is 2.08. The predicted molar refractivity (Wildman–Crippen MR) is 78.8 cm³/mol. The van der Waals surface area contributed by atoms with Crippen LogP contribution < -0.4 is 11.1 Å². The Labute approximate surface area is 119 Å². The van der Waals surface area contributed by atoms with Crippen LogP contribution in [0.4, 0.5) is 0 Å². The second-order valence-electron chi connectivity index (χ2n) is 4.70. The lowest BCUT2D eigenvalue weighted by Gasteiger charge is -2.15. The zero-order chi connectivity index (χ0) is 14.2. The number of nitrogens with zero attached hydrogens (tertiary/aromatic N) is 1. The molecule has 1 heterocycles. The molecular weight excluding hydrogens is 250 g/mol. The molecule has 0 aliphatic carbocycles. The minimum absolute atomic E-state index is 0.0137. The van der Waals surface area contributed by atoms with Gasteiger partial charge in [-0.15, -0.1) is 0 Å². The predicted octanol–water partition coefficient (Wildman–Crippen LogP) is 1.52. The van der Waals surface area contributed by atoms with Gasteiger partial charge in [0.2, 0.25) is 5.91 Å². The summed E-state index contributed by atoms with van der Waals surface area (Å²) in [5, 5.41) is 2.91. The van der Waals surface area contributed by atoms with E-state index in [0.717, 1.165) is 11.1 Å². The molecule has 1 unspecified atom stereocenters. The van der Waals surface area contributed by atoms with Crippen molar-refractivity contribution in [1.82, 2.24) is 10.3 Å². The van der Waals surface area contributed by atoms with Gasteiger partial charge in [0.15, 0.2) is 0 Å². The van der Waals surface area contributed by atoms with Gasteiger partial charge in [-0.2, -0.15) is 0 Å². The Morgan fingerprint density at radius 2 is 1.90 bits per heavy atom. The van der Waals surface area contributed by atoms with Crippen LogP contribution in [0.2, 0.25) is 0 Å². The molecule has 4 heteroatoms. The fourth-order valence-electron chi connectivity index (χ4n) is 2.02. The van der Waals surface area contributed by atoms with Crippen molar-refractivity contribution in [1.29, 1.82) is 0 Å². The summed E-state index contributed by atoms with van der Waals surface area (Å²) in [5.74, 6) is -0.214. The monoisotopic (exact) mass is 269 g/mol. The van der Waals surface area contributed by atoms with Gasteiger partial charge in [0.1, 0.15) is 0 Å². The number of rotatable bonds is 6. The summed E-state index contributed by atoms with van der Waals surface area (Å²) in [6.45, 7) is 0.825. The molecule has 0 radical (unpaired) electrons. The fourth-order valence-corrected chi connectivity index (χ4v) is 2.02. The second kappa shape index (κ2) is 7.40.